The number of benzene rings is 1. The summed E-state index contributed by atoms with van der Waals surface area (Å²) in [5.74, 6) is -1.28. The van der Waals surface area contributed by atoms with E-state index in [2.05, 4.69) is 10.1 Å². The summed E-state index contributed by atoms with van der Waals surface area (Å²) >= 11 is 0. The molecule has 0 unspecified atom stereocenters. The number of nitrogens with two attached hydrogens (primary N) is 1. The molecule has 3 N–H and O–H groups in total. The highest BCUT2D eigenvalue weighted by Gasteiger charge is 2.22. The van der Waals surface area contributed by atoms with Crippen LogP contribution in [-0.2, 0) is 9.53 Å². The van der Waals surface area contributed by atoms with Crippen LogP contribution in [0.25, 0.3) is 0 Å². The molecule has 0 spiro atoms. The molecule has 0 saturated heterocycles. The number of nitrogen functional groups attached to an aromatic ring is 1. The zero-order valence-corrected chi connectivity index (χ0v) is 9.31. The van der Waals surface area contributed by atoms with E-state index < -0.39 is 11.9 Å². The van der Waals surface area contributed by atoms with Gasteiger partial charge in [0.15, 0.2) is 0 Å². The van der Waals surface area contributed by atoms with Gasteiger partial charge in [0, 0.05) is 11.7 Å². The van der Waals surface area contributed by atoms with Gasteiger partial charge in [0.2, 0.25) is 0 Å². The number of anilines is 1. The first-order valence-electron chi connectivity index (χ1n) is 5.49. The summed E-state index contributed by atoms with van der Waals surface area (Å²) in [6.07, 6.45) is 2.15. The molecule has 1 aromatic rings. The number of hydrogen-bond acceptors (Lipinski definition) is 5. The van der Waals surface area contributed by atoms with Crippen LogP contribution in [0, 0.1) is 0 Å². The minimum Gasteiger partial charge on any atom is -0.398 e. The Morgan fingerprint density at radius 3 is 2.71 bits per heavy atom. The minimum absolute atomic E-state index is 0.0587. The van der Waals surface area contributed by atoms with Gasteiger partial charge in [0.05, 0.1) is 12.1 Å². The summed E-state index contributed by atoms with van der Waals surface area (Å²) in [4.78, 5) is 22.9. The Kier molecular flexibility index (Phi) is 3.39. The molecule has 90 valence electrons. The lowest BCUT2D eigenvalue weighted by molar-refractivity contribution is -0.136. The van der Waals surface area contributed by atoms with Crippen molar-refractivity contribution in [3.8, 4) is 0 Å². The van der Waals surface area contributed by atoms with Crippen molar-refractivity contribution in [2.24, 2.45) is 0 Å². The molecule has 1 fully saturated rings. The van der Waals surface area contributed by atoms with Gasteiger partial charge < -0.3 is 15.8 Å². The van der Waals surface area contributed by atoms with E-state index in [-0.39, 0.29) is 12.1 Å². The lowest BCUT2D eigenvalue weighted by Crippen LogP contribution is -2.28. The van der Waals surface area contributed by atoms with Crippen molar-refractivity contribution < 1.29 is 14.3 Å². The molecule has 5 heteroatoms. The van der Waals surface area contributed by atoms with Crippen molar-refractivity contribution in [1.82, 2.24) is 5.32 Å². The number of carbonyl (C=O) groups excluding carboxylic acids is 2. The lowest BCUT2D eigenvalue weighted by Gasteiger charge is -2.05. The molecular weight excluding hydrogens is 220 g/mol. The third kappa shape index (κ3) is 3.29. The van der Waals surface area contributed by atoms with Crippen LogP contribution in [0.5, 0.6) is 0 Å². The van der Waals surface area contributed by atoms with Crippen LogP contribution in [-0.4, -0.2) is 24.5 Å². The SMILES string of the molecule is Nc1ccccc1C(=O)OC(=O)CNC1CC1. The number of para-hydroxylation sites is 1. The predicted molar refractivity (Wildman–Crippen MR) is 62.3 cm³/mol. The summed E-state index contributed by atoms with van der Waals surface area (Å²) in [7, 11) is 0. The second-order valence-corrected chi connectivity index (χ2v) is 4.00. The summed E-state index contributed by atoms with van der Waals surface area (Å²) in [6, 6.07) is 6.89. The number of rotatable bonds is 4. The van der Waals surface area contributed by atoms with Gasteiger partial charge in [0.25, 0.3) is 0 Å². The normalized spacial score (nSPS) is 14.4. The Hall–Kier alpha value is -1.88. The predicted octanol–water partition coefficient (Wildman–Crippen LogP) is 0.704. The highest BCUT2D eigenvalue weighted by Crippen LogP contribution is 2.18. The Morgan fingerprint density at radius 1 is 1.35 bits per heavy atom. The molecule has 0 atom stereocenters. The van der Waals surface area contributed by atoms with Crippen LogP contribution < -0.4 is 11.1 Å². The van der Waals surface area contributed by atoms with Crippen molar-refractivity contribution >= 4 is 17.6 Å². The van der Waals surface area contributed by atoms with Gasteiger partial charge in [-0.2, -0.15) is 0 Å². The van der Waals surface area contributed by atoms with Crippen molar-refractivity contribution in [3.63, 3.8) is 0 Å². The molecule has 0 heterocycles. The molecule has 1 aliphatic rings. The van der Waals surface area contributed by atoms with Crippen LogP contribution in [0.4, 0.5) is 5.69 Å². The monoisotopic (exact) mass is 234 g/mol. The maximum absolute atomic E-state index is 11.6. The Labute approximate surface area is 98.9 Å². The van der Waals surface area contributed by atoms with E-state index in [1.165, 1.54) is 6.07 Å². The highest BCUT2D eigenvalue weighted by atomic mass is 16.6. The Morgan fingerprint density at radius 2 is 2.06 bits per heavy atom. The van der Waals surface area contributed by atoms with E-state index in [4.69, 9.17) is 5.73 Å². The lowest BCUT2D eigenvalue weighted by atomic mass is 10.2. The fourth-order valence-corrected chi connectivity index (χ4v) is 1.39. The number of carbonyl (C=O) groups is 2. The quantitative estimate of drug-likeness (QED) is 0.455. The Bertz CT molecular complexity index is 441. The second kappa shape index (κ2) is 4.97. The molecule has 1 aliphatic carbocycles. The third-order valence-corrected chi connectivity index (χ3v) is 2.50. The first-order chi connectivity index (χ1) is 8.16. The summed E-state index contributed by atoms with van der Waals surface area (Å²) in [5, 5.41) is 2.97. The molecule has 0 amide bonds. The van der Waals surface area contributed by atoms with Crippen molar-refractivity contribution in [3.05, 3.63) is 29.8 Å². The van der Waals surface area contributed by atoms with E-state index in [9.17, 15) is 9.59 Å². The smallest absolute Gasteiger partial charge is 0.347 e. The molecular formula is C12H14N2O3. The summed E-state index contributed by atoms with van der Waals surface area (Å²) in [5.41, 5.74) is 6.12. The minimum atomic E-state index is -0.703. The van der Waals surface area contributed by atoms with E-state index in [0.29, 0.717) is 11.7 Å². The van der Waals surface area contributed by atoms with E-state index >= 15 is 0 Å². The van der Waals surface area contributed by atoms with Crippen LogP contribution in [0.3, 0.4) is 0 Å². The van der Waals surface area contributed by atoms with Gasteiger partial charge in [-0.25, -0.2) is 4.79 Å². The average Bonchev–Trinajstić information content (AvgIpc) is 3.10. The summed E-state index contributed by atoms with van der Waals surface area (Å²) in [6.45, 7) is 0.0587. The molecule has 2 rings (SSSR count). The third-order valence-electron chi connectivity index (χ3n) is 2.50. The van der Waals surface area contributed by atoms with Crippen LogP contribution in [0.2, 0.25) is 0 Å². The van der Waals surface area contributed by atoms with Gasteiger partial charge in [-0.05, 0) is 25.0 Å². The zero-order valence-electron chi connectivity index (χ0n) is 9.31. The largest absolute Gasteiger partial charge is 0.398 e. The van der Waals surface area contributed by atoms with E-state index in [0.717, 1.165) is 12.8 Å². The fourth-order valence-electron chi connectivity index (χ4n) is 1.39. The van der Waals surface area contributed by atoms with Gasteiger partial charge in [-0.1, -0.05) is 12.1 Å². The van der Waals surface area contributed by atoms with E-state index in [1.54, 1.807) is 18.2 Å². The fraction of sp³-hybridized carbons (Fsp3) is 0.333. The molecule has 1 saturated carbocycles. The van der Waals surface area contributed by atoms with Gasteiger partial charge in [-0.3, -0.25) is 4.79 Å². The highest BCUT2D eigenvalue weighted by molar-refractivity contribution is 6.00. The molecule has 17 heavy (non-hydrogen) atoms. The van der Waals surface area contributed by atoms with Crippen LogP contribution in [0.1, 0.15) is 23.2 Å². The topological polar surface area (TPSA) is 81.4 Å². The number of ether oxygens (including phenoxy) is 1. The van der Waals surface area contributed by atoms with E-state index in [1.807, 2.05) is 0 Å². The second-order valence-electron chi connectivity index (χ2n) is 4.00. The number of nitrogens with one attached hydrogen (secondary N) is 1. The molecule has 0 aromatic heterocycles. The van der Waals surface area contributed by atoms with Crippen molar-refractivity contribution in [1.29, 1.82) is 0 Å². The standard InChI is InChI=1S/C12H14N2O3/c13-10-4-2-1-3-9(10)12(16)17-11(15)7-14-8-5-6-8/h1-4,8,14H,5-7,13H2. The molecule has 0 radical (unpaired) electrons. The van der Waals surface area contributed by atoms with Gasteiger partial charge >= 0.3 is 11.9 Å². The first-order valence-corrected chi connectivity index (χ1v) is 5.49. The maximum Gasteiger partial charge on any atom is 0.347 e. The number of hydrogen-bond donors (Lipinski definition) is 2. The van der Waals surface area contributed by atoms with Gasteiger partial charge in [0.1, 0.15) is 0 Å². The molecule has 0 aliphatic heterocycles. The first kappa shape index (κ1) is 11.6. The summed E-state index contributed by atoms with van der Waals surface area (Å²) < 4.78 is 4.68. The average molecular weight is 234 g/mol. The maximum atomic E-state index is 11.6. The van der Waals surface area contributed by atoms with Crippen molar-refractivity contribution in [2.75, 3.05) is 12.3 Å². The Balaban J connectivity index is 1.87. The molecule has 5 nitrogen and oxygen atoms in total. The molecule has 0 bridgehead atoms. The zero-order chi connectivity index (χ0) is 12.3. The molecule has 1 aromatic carbocycles. The van der Waals surface area contributed by atoms with Crippen LogP contribution in [0.15, 0.2) is 24.3 Å². The van der Waals surface area contributed by atoms with Crippen molar-refractivity contribution in [2.45, 2.75) is 18.9 Å². The van der Waals surface area contributed by atoms with Gasteiger partial charge in [-0.15, -0.1) is 0 Å². The van der Waals surface area contributed by atoms with Crippen LogP contribution >= 0.6 is 0 Å². The number of esters is 2.